The van der Waals surface area contributed by atoms with Crippen LogP contribution < -0.4 is 5.32 Å². The average molecular weight is 506 g/mol. The standard InChI is InChI=1S/C26H27N5O2S2/c1-15-5-3-6-17(11-15)23-22(29-16(2)35-23)25(33)31-14-18-7-4-8-19(18)20(31)12-27-24(32)21-13-28-26-30(21)9-10-34-26/h3,5-6,9-11,13,18-20H,4,7-8,12,14H2,1-2H3,(H,27,32)/t18-,19-,20+/m0/s1. The van der Waals surface area contributed by atoms with Gasteiger partial charge in [-0.2, -0.15) is 0 Å². The van der Waals surface area contributed by atoms with E-state index >= 15 is 0 Å². The number of aromatic nitrogens is 3. The Morgan fingerprint density at radius 2 is 2.11 bits per heavy atom. The van der Waals surface area contributed by atoms with Crippen molar-refractivity contribution in [3.05, 3.63) is 64.0 Å². The predicted octanol–water partition coefficient (Wildman–Crippen LogP) is 4.81. The first-order chi connectivity index (χ1) is 17.0. The molecule has 2 fully saturated rings. The minimum atomic E-state index is -0.158. The van der Waals surface area contributed by atoms with E-state index in [0.717, 1.165) is 45.4 Å². The normalized spacial score (nSPS) is 21.5. The maximum atomic E-state index is 13.9. The summed E-state index contributed by atoms with van der Waals surface area (Å²) in [6, 6.07) is 8.20. The molecular weight excluding hydrogens is 478 g/mol. The second-order valence-electron chi connectivity index (χ2n) is 9.57. The molecule has 1 saturated heterocycles. The van der Waals surface area contributed by atoms with E-state index in [1.165, 1.54) is 17.8 Å². The van der Waals surface area contributed by atoms with E-state index in [2.05, 4.69) is 34.3 Å². The van der Waals surface area contributed by atoms with Crippen LogP contribution in [0.3, 0.4) is 0 Å². The quantitative estimate of drug-likeness (QED) is 0.422. The first-order valence-electron chi connectivity index (χ1n) is 12.0. The molecule has 0 radical (unpaired) electrons. The highest BCUT2D eigenvalue weighted by atomic mass is 32.1. The van der Waals surface area contributed by atoms with Gasteiger partial charge in [0, 0.05) is 24.7 Å². The highest BCUT2D eigenvalue weighted by molar-refractivity contribution is 7.15. The van der Waals surface area contributed by atoms with Gasteiger partial charge in [0.1, 0.15) is 11.4 Å². The van der Waals surface area contributed by atoms with Gasteiger partial charge >= 0.3 is 0 Å². The van der Waals surface area contributed by atoms with Crippen LogP contribution in [0.5, 0.6) is 0 Å². The zero-order valence-electron chi connectivity index (χ0n) is 19.7. The number of thiazole rings is 2. The van der Waals surface area contributed by atoms with Crippen molar-refractivity contribution in [2.24, 2.45) is 11.8 Å². The number of nitrogens with one attached hydrogen (secondary N) is 1. The number of benzene rings is 1. The first-order valence-corrected chi connectivity index (χ1v) is 13.7. The van der Waals surface area contributed by atoms with Crippen molar-refractivity contribution in [1.82, 2.24) is 24.6 Å². The fourth-order valence-corrected chi connectivity index (χ4v) is 7.38. The van der Waals surface area contributed by atoms with Gasteiger partial charge in [0.05, 0.1) is 22.1 Å². The highest BCUT2D eigenvalue weighted by Crippen LogP contribution is 2.43. The van der Waals surface area contributed by atoms with Gasteiger partial charge in [0.2, 0.25) is 0 Å². The molecule has 0 spiro atoms. The van der Waals surface area contributed by atoms with E-state index in [4.69, 9.17) is 0 Å². The molecule has 2 amide bonds. The number of nitrogens with zero attached hydrogens (tertiary/aromatic N) is 4. The Labute approximate surface area is 211 Å². The second kappa shape index (κ2) is 8.87. The lowest BCUT2D eigenvalue weighted by Crippen LogP contribution is -2.46. The maximum Gasteiger partial charge on any atom is 0.274 e. The van der Waals surface area contributed by atoms with Gasteiger partial charge < -0.3 is 10.2 Å². The van der Waals surface area contributed by atoms with Crippen molar-refractivity contribution in [2.75, 3.05) is 13.1 Å². The number of rotatable bonds is 5. The number of amides is 2. The molecule has 1 N–H and O–H groups in total. The lowest BCUT2D eigenvalue weighted by molar-refractivity contribution is 0.0696. The molecule has 1 aromatic carbocycles. The maximum absolute atomic E-state index is 13.9. The van der Waals surface area contributed by atoms with Crippen LogP contribution in [0.2, 0.25) is 0 Å². The van der Waals surface area contributed by atoms with E-state index in [1.54, 1.807) is 17.5 Å². The third-order valence-electron chi connectivity index (χ3n) is 7.37. The Kier molecular flexibility index (Phi) is 5.69. The van der Waals surface area contributed by atoms with Gasteiger partial charge in [-0.3, -0.25) is 14.0 Å². The Morgan fingerprint density at radius 3 is 2.97 bits per heavy atom. The average Bonchev–Trinajstić information content (AvgIpc) is 3.63. The van der Waals surface area contributed by atoms with Crippen LogP contribution in [-0.2, 0) is 0 Å². The smallest absolute Gasteiger partial charge is 0.274 e. The zero-order valence-corrected chi connectivity index (χ0v) is 21.4. The van der Waals surface area contributed by atoms with Gasteiger partial charge in [-0.25, -0.2) is 9.97 Å². The zero-order chi connectivity index (χ0) is 24.1. The third kappa shape index (κ3) is 3.96. The molecule has 9 heteroatoms. The topological polar surface area (TPSA) is 79.6 Å². The molecule has 0 unspecified atom stereocenters. The summed E-state index contributed by atoms with van der Waals surface area (Å²) in [5.74, 6) is 0.716. The van der Waals surface area contributed by atoms with Crippen LogP contribution in [0, 0.1) is 25.7 Å². The Morgan fingerprint density at radius 1 is 1.23 bits per heavy atom. The fourth-order valence-electron chi connectivity index (χ4n) is 5.79. The molecule has 35 heavy (non-hydrogen) atoms. The van der Waals surface area contributed by atoms with Crippen LogP contribution >= 0.6 is 22.7 Å². The molecule has 2 aliphatic rings. The van der Waals surface area contributed by atoms with E-state index < -0.39 is 0 Å². The van der Waals surface area contributed by atoms with Gasteiger partial charge in [-0.1, -0.05) is 36.2 Å². The number of likely N-dealkylation sites (tertiary alicyclic amines) is 1. The summed E-state index contributed by atoms with van der Waals surface area (Å²) in [5.41, 5.74) is 3.24. The van der Waals surface area contributed by atoms with Crippen molar-refractivity contribution in [3.63, 3.8) is 0 Å². The third-order valence-corrected chi connectivity index (χ3v) is 9.16. The number of hydrogen-bond acceptors (Lipinski definition) is 6. The number of hydrogen-bond donors (Lipinski definition) is 1. The van der Waals surface area contributed by atoms with Gasteiger partial charge in [-0.15, -0.1) is 22.7 Å². The molecule has 4 heterocycles. The molecule has 7 nitrogen and oxygen atoms in total. The summed E-state index contributed by atoms with van der Waals surface area (Å²) in [5, 5.41) is 5.91. The summed E-state index contributed by atoms with van der Waals surface area (Å²) in [6.07, 6.45) is 6.89. The lowest BCUT2D eigenvalue weighted by atomic mass is 9.94. The summed E-state index contributed by atoms with van der Waals surface area (Å²) in [4.78, 5) is 39.6. The number of carbonyl (C=O) groups is 2. The summed E-state index contributed by atoms with van der Waals surface area (Å²) < 4.78 is 1.81. The Balaban J connectivity index is 1.27. The Bertz CT molecular complexity index is 1420. The summed E-state index contributed by atoms with van der Waals surface area (Å²) in [7, 11) is 0. The molecule has 1 aliphatic carbocycles. The van der Waals surface area contributed by atoms with Gasteiger partial charge in [0.25, 0.3) is 11.8 Å². The molecule has 0 bridgehead atoms. The van der Waals surface area contributed by atoms with Crippen molar-refractivity contribution in [1.29, 1.82) is 0 Å². The van der Waals surface area contributed by atoms with Crippen molar-refractivity contribution >= 4 is 39.4 Å². The van der Waals surface area contributed by atoms with Crippen LogP contribution in [0.4, 0.5) is 0 Å². The van der Waals surface area contributed by atoms with Crippen LogP contribution in [0.15, 0.2) is 42.0 Å². The van der Waals surface area contributed by atoms with E-state index in [-0.39, 0.29) is 17.9 Å². The van der Waals surface area contributed by atoms with Crippen molar-refractivity contribution < 1.29 is 9.59 Å². The second-order valence-corrected chi connectivity index (χ2v) is 11.6. The van der Waals surface area contributed by atoms with E-state index in [0.29, 0.717) is 29.8 Å². The minimum Gasteiger partial charge on any atom is -0.349 e. The molecule has 4 aromatic rings. The van der Waals surface area contributed by atoms with Crippen LogP contribution in [0.25, 0.3) is 15.4 Å². The lowest BCUT2D eigenvalue weighted by Gasteiger charge is -2.28. The van der Waals surface area contributed by atoms with Gasteiger partial charge in [0.15, 0.2) is 4.96 Å². The molecule has 1 aliphatic heterocycles. The van der Waals surface area contributed by atoms with E-state index in [1.807, 2.05) is 39.9 Å². The number of imidazole rings is 1. The number of aryl methyl sites for hydroxylation is 2. The summed E-state index contributed by atoms with van der Waals surface area (Å²) in [6.45, 7) is 5.18. The number of fused-ring (bicyclic) bond motifs is 2. The highest BCUT2D eigenvalue weighted by Gasteiger charge is 2.46. The molecular formula is C26H27N5O2S2. The van der Waals surface area contributed by atoms with E-state index in [9.17, 15) is 9.59 Å². The molecule has 180 valence electrons. The minimum absolute atomic E-state index is 0.0240. The largest absolute Gasteiger partial charge is 0.349 e. The molecule has 1 saturated carbocycles. The van der Waals surface area contributed by atoms with Crippen LogP contribution in [-0.4, -0.2) is 50.2 Å². The van der Waals surface area contributed by atoms with Crippen molar-refractivity contribution in [2.45, 2.75) is 39.2 Å². The monoisotopic (exact) mass is 505 g/mol. The molecule has 3 atom stereocenters. The summed E-state index contributed by atoms with van der Waals surface area (Å²) >= 11 is 3.07. The molecule has 3 aromatic heterocycles. The Hall–Kier alpha value is -3.04. The first kappa shape index (κ1) is 22.4. The predicted molar refractivity (Wildman–Crippen MR) is 138 cm³/mol. The number of carbonyl (C=O) groups excluding carboxylic acids is 2. The van der Waals surface area contributed by atoms with Gasteiger partial charge in [-0.05, 0) is 44.1 Å². The molecule has 6 rings (SSSR count). The SMILES string of the molecule is Cc1cccc(-c2sc(C)nc2C(=O)N2C[C@@H]3CCC[C@@H]3[C@H]2CNC(=O)c2cnc3sccn23)c1. The van der Waals surface area contributed by atoms with Crippen LogP contribution in [0.1, 0.15) is 50.8 Å². The fraction of sp³-hybridized carbons (Fsp3) is 0.385. The van der Waals surface area contributed by atoms with Crippen molar-refractivity contribution in [3.8, 4) is 10.4 Å².